The third kappa shape index (κ3) is 7.21. The predicted octanol–water partition coefficient (Wildman–Crippen LogP) is -0.299. The maximum atomic E-state index is 10.6. The summed E-state index contributed by atoms with van der Waals surface area (Å²) in [6.45, 7) is 0. The first-order valence-corrected chi connectivity index (χ1v) is 7.51. The lowest BCUT2D eigenvalue weighted by Crippen LogP contribution is -2.25. The minimum absolute atomic E-state index is 0.107. The Hall–Kier alpha value is -1.03. The minimum atomic E-state index is -5.06. The Kier molecular flexibility index (Phi) is 5.02. The molecule has 0 unspecified atom stereocenters. The Morgan fingerprint density at radius 1 is 1.11 bits per heavy atom. The maximum Gasteiger partial charge on any atom is 0.473 e. The van der Waals surface area contributed by atoms with Gasteiger partial charge in [-0.2, -0.15) is 0 Å². The number of rotatable bonds is 6. The van der Waals surface area contributed by atoms with E-state index >= 15 is 0 Å². The summed E-state index contributed by atoms with van der Waals surface area (Å²) in [7, 11) is -10.1. The number of phosphoric acid groups is 2. The van der Waals surface area contributed by atoms with Crippen molar-refractivity contribution in [1.82, 2.24) is 4.98 Å². The lowest BCUT2D eigenvalue weighted by molar-refractivity contribution is -0.0128. The van der Waals surface area contributed by atoms with E-state index in [1.165, 1.54) is 6.07 Å². The summed E-state index contributed by atoms with van der Waals surface area (Å²) in [5.41, 5.74) is 0. The summed E-state index contributed by atoms with van der Waals surface area (Å²) in [6.07, 6.45) is -1.16. The summed E-state index contributed by atoms with van der Waals surface area (Å²) >= 11 is 0. The highest BCUT2D eigenvalue weighted by atomic mass is 31.2. The summed E-state index contributed by atoms with van der Waals surface area (Å²) in [5.74, 6) is -0.293. The van der Waals surface area contributed by atoms with Crippen molar-refractivity contribution in [2.75, 3.05) is 5.32 Å². The zero-order chi connectivity index (χ0) is 14.7. The van der Waals surface area contributed by atoms with E-state index in [0.29, 0.717) is 0 Å². The van der Waals surface area contributed by atoms with E-state index in [4.69, 9.17) is 24.7 Å². The van der Waals surface area contributed by atoms with Gasteiger partial charge in [-0.3, -0.25) is 0 Å². The zero-order valence-electron chi connectivity index (χ0n) is 9.02. The smallest absolute Gasteiger partial charge is 0.473 e. The highest BCUT2D eigenvalue weighted by Crippen LogP contribution is 2.44. The molecule has 1 aromatic rings. The second kappa shape index (κ2) is 5.95. The maximum absolute atomic E-state index is 10.6. The number of nitrogens with one attached hydrogen (secondary N) is 1. The molecule has 0 radical (unpaired) electrons. The van der Waals surface area contributed by atoms with Crippen molar-refractivity contribution in [3.05, 3.63) is 18.3 Å². The van der Waals surface area contributed by atoms with Gasteiger partial charge in [-0.15, -0.1) is 0 Å². The SMILES string of the molecule is O=P(O)(O)OC(Nc1ccc(O)cn1)OP(=O)(O)O. The van der Waals surface area contributed by atoms with Crippen molar-refractivity contribution in [1.29, 1.82) is 0 Å². The van der Waals surface area contributed by atoms with Crippen molar-refractivity contribution in [2.24, 2.45) is 0 Å². The highest BCUT2D eigenvalue weighted by Gasteiger charge is 2.29. The molecule has 1 rings (SSSR count). The van der Waals surface area contributed by atoms with Gasteiger partial charge in [-0.25, -0.2) is 23.2 Å². The normalized spacial score (nSPS) is 12.7. The number of phosphoric ester groups is 2. The summed E-state index contributed by atoms with van der Waals surface area (Å²) < 4.78 is 29.2. The number of hydrogen-bond acceptors (Lipinski definition) is 7. The van der Waals surface area contributed by atoms with E-state index in [2.05, 4.69) is 19.3 Å². The molecule has 0 aromatic carbocycles. The first kappa shape index (κ1) is 16.0. The molecule has 13 heteroatoms. The molecule has 1 aromatic heterocycles. The number of hydrogen-bond donors (Lipinski definition) is 6. The fourth-order valence-corrected chi connectivity index (χ4v) is 1.67. The highest BCUT2D eigenvalue weighted by molar-refractivity contribution is 7.47. The van der Waals surface area contributed by atoms with E-state index in [9.17, 15) is 9.13 Å². The van der Waals surface area contributed by atoms with Crippen LogP contribution in [0.5, 0.6) is 5.75 Å². The van der Waals surface area contributed by atoms with Crippen molar-refractivity contribution in [2.45, 2.75) is 6.41 Å². The molecular formula is C6H10N2O9P2. The molecule has 0 bridgehead atoms. The average Bonchev–Trinajstić information content (AvgIpc) is 2.16. The fourth-order valence-electron chi connectivity index (χ4n) is 0.914. The fraction of sp³-hybridized carbons (Fsp3) is 0.167. The molecule has 0 saturated carbocycles. The van der Waals surface area contributed by atoms with Crippen LogP contribution >= 0.6 is 15.6 Å². The van der Waals surface area contributed by atoms with E-state index in [0.717, 1.165) is 12.3 Å². The molecule has 0 aliphatic carbocycles. The molecule has 0 amide bonds. The van der Waals surface area contributed by atoms with Gasteiger partial charge in [0.15, 0.2) is 0 Å². The predicted molar refractivity (Wildman–Crippen MR) is 59.6 cm³/mol. The number of nitrogens with zero attached hydrogens (tertiary/aromatic N) is 1. The first-order valence-electron chi connectivity index (χ1n) is 4.45. The average molecular weight is 316 g/mol. The third-order valence-electron chi connectivity index (χ3n) is 1.48. The lowest BCUT2D eigenvalue weighted by atomic mass is 10.4. The Morgan fingerprint density at radius 2 is 1.63 bits per heavy atom. The van der Waals surface area contributed by atoms with Crippen LogP contribution in [0.15, 0.2) is 18.3 Å². The van der Waals surface area contributed by atoms with Crippen LogP contribution in [0.2, 0.25) is 0 Å². The van der Waals surface area contributed by atoms with E-state index in [-0.39, 0.29) is 11.6 Å². The standard InChI is InChI=1S/C6H10N2O9P2/c9-4-1-2-5(7-3-4)8-6(16-18(10,11)12)17-19(13,14)15/h1-3,6,9H,(H,7,8)(H2,10,11,12)(H2,13,14,15). The van der Waals surface area contributed by atoms with Crippen molar-refractivity contribution in [3.8, 4) is 5.75 Å². The van der Waals surface area contributed by atoms with Crippen molar-refractivity contribution >= 4 is 21.5 Å². The van der Waals surface area contributed by atoms with Crippen molar-refractivity contribution < 1.29 is 42.9 Å². The molecule has 19 heavy (non-hydrogen) atoms. The summed E-state index contributed by atoms with van der Waals surface area (Å²) in [6, 6.07) is 2.33. The van der Waals surface area contributed by atoms with Crippen LogP contribution in [-0.2, 0) is 18.2 Å². The lowest BCUT2D eigenvalue weighted by Gasteiger charge is -2.20. The number of anilines is 1. The second-order valence-electron chi connectivity index (χ2n) is 3.07. The molecule has 0 fully saturated rings. The van der Waals surface area contributed by atoms with Gasteiger partial charge in [0.05, 0.1) is 6.20 Å². The van der Waals surface area contributed by atoms with Gasteiger partial charge < -0.3 is 30.0 Å². The van der Waals surface area contributed by atoms with Crippen LogP contribution in [0.4, 0.5) is 5.82 Å². The van der Waals surface area contributed by atoms with Gasteiger partial charge in [-0.05, 0) is 12.1 Å². The largest absolute Gasteiger partial charge is 0.506 e. The second-order valence-corrected chi connectivity index (χ2v) is 5.45. The van der Waals surface area contributed by atoms with Gasteiger partial charge in [0.2, 0.25) is 0 Å². The Labute approximate surface area is 106 Å². The van der Waals surface area contributed by atoms with Crippen LogP contribution in [0.3, 0.4) is 0 Å². The van der Waals surface area contributed by atoms with Crippen LogP contribution in [-0.4, -0.2) is 36.1 Å². The van der Waals surface area contributed by atoms with E-state index in [1.807, 2.05) is 0 Å². The summed E-state index contributed by atoms with van der Waals surface area (Å²) in [5, 5.41) is 11.0. The van der Waals surface area contributed by atoms with E-state index in [1.54, 1.807) is 0 Å². The zero-order valence-corrected chi connectivity index (χ0v) is 10.8. The topological polar surface area (TPSA) is 179 Å². The van der Waals surface area contributed by atoms with Gasteiger partial charge in [0.1, 0.15) is 11.6 Å². The molecule has 1 heterocycles. The Bertz CT molecular complexity index is 484. The van der Waals surface area contributed by atoms with Gasteiger partial charge in [-0.1, -0.05) is 0 Å². The van der Waals surface area contributed by atoms with Crippen LogP contribution in [0.25, 0.3) is 0 Å². The molecule has 0 saturated heterocycles. The first-order chi connectivity index (χ1) is 8.55. The van der Waals surface area contributed by atoms with Crippen LogP contribution in [0, 0.1) is 0 Å². The van der Waals surface area contributed by atoms with Gasteiger partial charge in [0.25, 0.3) is 6.41 Å². The summed E-state index contributed by atoms with van der Waals surface area (Å²) in [4.78, 5) is 37.8. The number of pyridine rings is 1. The molecule has 0 atom stereocenters. The monoisotopic (exact) mass is 316 g/mol. The van der Waals surface area contributed by atoms with Gasteiger partial charge >= 0.3 is 15.6 Å². The quantitative estimate of drug-likeness (QED) is 0.299. The van der Waals surface area contributed by atoms with Crippen LogP contribution < -0.4 is 5.32 Å². The third-order valence-corrected chi connectivity index (χ3v) is 2.41. The molecule has 108 valence electrons. The Morgan fingerprint density at radius 3 is 2.00 bits per heavy atom. The van der Waals surface area contributed by atoms with Crippen LogP contribution in [0.1, 0.15) is 0 Å². The minimum Gasteiger partial charge on any atom is -0.506 e. The Balaban J connectivity index is 2.82. The number of aromatic nitrogens is 1. The van der Waals surface area contributed by atoms with Gasteiger partial charge in [0, 0.05) is 0 Å². The molecule has 0 aliphatic heterocycles. The molecule has 11 nitrogen and oxygen atoms in total. The van der Waals surface area contributed by atoms with E-state index < -0.39 is 22.1 Å². The number of aromatic hydroxyl groups is 1. The molecule has 0 spiro atoms. The molecule has 0 aliphatic rings. The van der Waals surface area contributed by atoms with Crippen molar-refractivity contribution in [3.63, 3.8) is 0 Å². The molecule has 6 N–H and O–H groups in total. The molecular weight excluding hydrogens is 306 g/mol.